The van der Waals surface area contributed by atoms with Crippen LogP contribution < -0.4 is 10.1 Å². The summed E-state index contributed by atoms with van der Waals surface area (Å²) >= 11 is 12.3. The Morgan fingerprint density at radius 1 is 1.00 bits per heavy atom. The molecule has 1 heterocycles. The summed E-state index contributed by atoms with van der Waals surface area (Å²) in [6, 6.07) is 12.6. The molecule has 4 nitrogen and oxygen atoms in total. The third kappa shape index (κ3) is 3.75. The quantitative estimate of drug-likeness (QED) is 0.635. The number of benzene rings is 2. The van der Waals surface area contributed by atoms with Crippen molar-refractivity contribution in [3.05, 3.63) is 64.5 Å². The zero-order chi connectivity index (χ0) is 17.1. The minimum atomic E-state index is -0.331. The molecule has 7 heteroatoms. The number of ether oxygens (including phenoxy) is 1. The van der Waals surface area contributed by atoms with Gasteiger partial charge in [-0.25, -0.2) is 14.4 Å². The largest absolute Gasteiger partial charge is 0.497 e. The van der Waals surface area contributed by atoms with E-state index in [0.717, 1.165) is 0 Å². The summed E-state index contributed by atoms with van der Waals surface area (Å²) in [7, 11) is 1.57. The average Bonchev–Trinajstić information content (AvgIpc) is 2.57. The lowest BCUT2D eigenvalue weighted by molar-refractivity contribution is 0.415. The van der Waals surface area contributed by atoms with Crippen molar-refractivity contribution in [2.24, 2.45) is 0 Å². The first kappa shape index (κ1) is 16.5. The van der Waals surface area contributed by atoms with Crippen molar-refractivity contribution >= 4 is 34.7 Å². The van der Waals surface area contributed by atoms with E-state index < -0.39 is 0 Å². The van der Waals surface area contributed by atoms with Gasteiger partial charge in [0.05, 0.1) is 17.8 Å². The predicted octanol–water partition coefficient (Wildman–Crippen LogP) is 5.34. The number of halogens is 3. The molecule has 1 aromatic heterocycles. The molecule has 0 atom stereocenters. The maximum absolute atomic E-state index is 13.1. The van der Waals surface area contributed by atoms with E-state index in [-0.39, 0.29) is 11.0 Å². The smallest absolute Gasteiger partial charge is 0.163 e. The monoisotopic (exact) mass is 363 g/mol. The number of hydrogen-bond donors (Lipinski definition) is 1. The molecule has 0 aliphatic rings. The highest BCUT2D eigenvalue weighted by Crippen LogP contribution is 2.30. The van der Waals surface area contributed by atoms with E-state index >= 15 is 0 Å². The highest BCUT2D eigenvalue weighted by atomic mass is 35.5. The van der Waals surface area contributed by atoms with Crippen LogP contribution in [0.25, 0.3) is 11.4 Å². The molecule has 0 saturated heterocycles. The first-order chi connectivity index (χ1) is 11.5. The Morgan fingerprint density at radius 3 is 2.46 bits per heavy atom. The van der Waals surface area contributed by atoms with Gasteiger partial charge in [0.2, 0.25) is 0 Å². The van der Waals surface area contributed by atoms with Crippen LogP contribution in [0.4, 0.5) is 15.9 Å². The van der Waals surface area contributed by atoms with Crippen LogP contribution in [0, 0.1) is 5.82 Å². The number of methoxy groups -OCH3 is 1. The lowest BCUT2D eigenvalue weighted by atomic mass is 10.2. The number of nitrogens with one attached hydrogen (secondary N) is 1. The molecule has 0 spiro atoms. The van der Waals surface area contributed by atoms with Crippen LogP contribution in [0.2, 0.25) is 10.2 Å². The molecule has 0 amide bonds. The van der Waals surface area contributed by atoms with Crippen molar-refractivity contribution in [1.29, 1.82) is 0 Å². The third-order valence-corrected chi connectivity index (χ3v) is 3.76. The van der Waals surface area contributed by atoms with Gasteiger partial charge in [-0.2, -0.15) is 0 Å². The Kier molecular flexibility index (Phi) is 4.83. The van der Waals surface area contributed by atoms with Gasteiger partial charge < -0.3 is 10.1 Å². The van der Waals surface area contributed by atoms with Crippen LogP contribution in [0.1, 0.15) is 0 Å². The summed E-state index contributed by atoms with van der Waals surface area (Å²) in [6.45, 7) is 0. The van der Waals surface area contributed by atoms with Gasteiger partial charge in [0.1, 0.15) is 22.5 Å². The molecule has 1 N–H and O–H groups in total. The van der Waals surface area contributed by atoms with E-state index in [4.69, 9.17) is 27.9 Å². The minimum absolute atomic E-state index is 0.255. The highest BCUT2D eigenvalue weighted by molar-refractivity contribution is 6.33. The van der Waals surface area contributed by atoms with E-state index in [1.54, 1.807) is 43.5 Å². The van der Waals surface area contributed by atoms with Crippen molar-refractivity contribution in [1.82, 2.24) is 9.97 Å². The summed E-state index contributed by atoms with van der Waals surface area (Å²) in [5.74, 6) is 1.16. The molecule has 0 radical (unpaired) electrons. The van der Waals surface area contributed by atoms with Gasteiger partial charge in [-0.05, 0) is 36.4 Å². The Hall–Kier alpha value is -2.37. The van der Waals surface area contributed by atoms with E-state index in [1.165, 1.54) is 12.1 Å². The van der Waals surface area contributed by atoms with Gasteiger partial charge in [0, 0.05) is 17.7 Å². The van der Waals surface area contributed by atoms with Crippen LogP contribution in [-0.4, -0.2) is 17.1 Å². The molecule has 2 aromatic carbocycles. The third-order valence-electron chi connectivity index (χ3n) is 3.23. The van der Waals surface area contributed by atoms with E-state index in [9.17, 15) is 4.39 Å². The topological polar surface area (TPSA) is 47.0 Å². The number of aromatic nitrogens is 2. The fraction of sp³-hybridized carbons (Fsp3) is 0.0588. The molecular formula is C17H12Cl2FN3O. The molecular weight excluding hydrogens is 352 g/mol. The van der Waals surface area contributed by atoms with Gasteiger partial charge >= 0.3 is 0 Å². The van der Waals surface area contributed by atoms with Crippen molar-refractivity contribution in [3.63, 3.8) is 0 Å². The van der Waals surface area contributed by atoms with Crippen molar-refractivity contribution in [3.8, 4) is 17.1 Å². The molecule has 3 aromatic rings. The fourth-order valence-corrected chi connectivity index (χ4v) is 2.42. The maximum atomic E-state index is 13.1. The average molecular weight is 364 g/mol. The SMILES string of the molecule is COc1ccc(Cl)c(Nc2cc(Cl)nc(-c3ccc(F)cc3)n2)c1. The second kappa shape index (κ2) is 7.03. The summed E-state index contributed by atoms with van der Waals surface area (Å²) in [5.41, 5.74) is 1.27. The van der Waals surface area contributed by atoms with Gasteiger partial charge in [-0.1, -0.05) is 23.2 Å². The summed E-state index contributed by atoms with van der Waals surface area (Å²) in [6.07, 6.45) is 0. The van der Waals surface area contributed by atoms with E-state index in [2.05, 4.69) is 15.3 Å². The van der Waals surface area contributed by atoms with Crippen LogP contribution in [0.3, 0.4) is 0 Å². The molecule has 0 saturated carbocycles. The number of hydrogen-bond acceptors (Lipinski definition) is 4. The van der Waals surface area contributed by atoms with Crippen molar-refractivity contribution < 1.29 is 9.13 Å². The van der Waals surface area contributed by atoms with Crippen molar-refractivity contribution in [2.75, 3.05) is 12.4 Å². The second-order valence-corrected chi connectivity index (χ2v) is 5.67. The van der Waals surface area contributed by atoms with Gasteiger partial charge in [0.15, 0.2) is 5.82 Å². The predicted molar refractivity (Wildman–Crippen MR) is 93.7 cm³/mol. The van der Waals surface area contributed by atoms with E-state index in [1.807, 2.05) is 0 Å². The summed E-state index contributed by atoms with van der Waals surface area (Å²) < 4.78 is 18.2. The molecule has 0 fully saturated rings. The zero-order valence-corrected chi connectivity index (χ0v) is 14.1. The van der Waals surface area contributed by atoms with Crippen molar-refractivity contribution in [2.45, 2.75) is 0 Å². The lowest BCUT2D eigenvalue weighted by Crippen LogP contribution is -1.99. The first-order valence-corrected chi connectivity index (χ1v) is 7.72. The lowest BCUT2D eigenvalue weighted by Gasteiger charge is -2.11. The minimum Gasteiger partial charge on any atom is -0.497 e. The van der Waals surface area contributed by atoms with Gasteiger partial charge in [-0.3, -0.25) is 0 Å². The maximum Gasteiger partial charge on any atom is 0.163 e. The number of anilines is 2. The van der Waals surface area contributed by atoms with Gasteiger partial charge in [-0.15, -0.1) is 0 Å². The molecule has 0 aliphatic heterocycles. The summed E-state index contributed by atoms with van der Waals surface area (Å²) in [5, 5.41) is 3.85. The Balaban J connectivity index is 1.96. The molecule has 24 heavy (non-hydrogen) atoms. The van der Waals surface area contributed by atoms with Crippen LogP contribution in [-0.2, 0) is 0 Å². The molecule has 0 bridgehead atoms. The van der Waals surface area contributed by atoms with Crippen LogP contribution in [0.5, 0.6) is 5.75 Å². The molecule has 0 unspecified atom stereocenters. The van der Waals surface area contributed by atoms with E-state index in [0.29, 0.717) is 33.7 Å². The highest BCUT2D eigenvalue weighted by Gasteiger charge is 2.09. The molecule has 122 valence electrons. The van der Waals surface area contributed by atoms with Gasteiger partial charge in [0.25, 0.3) is 0 Å². The molecule has 3 rings (SSSR count). The summed E-state index contributed by atoms with van der Waals surface area (Å²) in [4.78, 5) is 8.56. The van der Waals surface area contributed by atoms with Crippen LogP contribution in [0.15, 0.2) is 48.5 Å². The zero-order valence-electron chi connectivity index (χ0n) is 12.6. The normalized spacial score (nSPS) is 10.5. The fourth-order valence-electron chi connectivity index (χ4n) is 2.07. The Labute approximate surface area is 148 Å². The van der Waals surface area contributed by atoms with Crippen LogP contribution >= 0.6 is 23.2 Å². The standard InChI is InChI=1S/C17H12Cl2FN3O/c1-24-12-6-7-13(18)14(8-12)21-16-9-15(19)22-17(23-16)10-2-4-11(20)5-3-10/h2-9H,1H3,(H,21,22,23). The molecule has 0 aliphatic carbocycles. The Morgan fingerprint density at radius 2 is 1.75 bits per heavy atom. The first-order valence-electron chi connectivity index (χ1n) is 6.96. The number of rotatable bonds is 4. The second-order valence-electron chi connectivity index (χ2n) is 4.88. The number of nitrogens with zero attached hydrogens (tertiary/aromatic N) is 2. The Bertz CT molecular complexity index is 872.